The lowest BCUT2D eigenvalue weighted by Crippen LogP contribution is -2.25. The lowest BCUT2D eigenvalue weighted by molar-refractivity contribution is 0.102. The van der Waals surface area contributed by atoms with Gasteiger partial charge in [-0.15, -0.1) is 11.3 Å². The molecule has 1 fully saturated rings. The molecule has 6 nitrogen and oxygen atoms in total. The number of nitrogens with zero attached hydrogens (tertiary/aromatic N) is 2. The Morgan fingerprint density at radius 3 is 2.76 bits per heavy atom. The van der Waals surface area contributed by atoms with Crippen molar-refractivity contribution in [3.05, 3.63) is 65.0 Å². The molecule has 10 heteroatoms. The van der Waals surface area contributed by atoms with Gasteiger partial charge in [0.15, 0.2) is 5.13 Å². The molecule has 0 unspecified atom stereocenters. The second-order valence-corrected chi connectivity index (χ2v) is 9.28. The molecular formula is C19H15F2N3O3S2. The van der Waals surface area contributed by atoms with Crippen LogP contribution in [-0.4, -0.2) is 31.6 Å². The summed E-state index contributed by atoms with van der Waals surface area (Å²) < 4.78 is 52.7. The average molecular weight is 435 g/mol. The molecule has 1 saturated heterocycles. The molecule has 1 aromatic heterocycles. The van der Waals surface area contributed by atoms with E-state index in [0.29, 0.717) is 18.7 Å². The summed E-state index contributed by atoms with van der Waals surface area (Å²) in [7, 11) is -3.35. The van der Waals surface area contributed by atoms with Gasteiger partial charge in [0.2, 0.25) is 10.0 Å². The van der Waals surface area contributed by atoms with Crippen LogP contribution in [0.1, 0.15) is 16.8 Å². The first-order valence-electron chi connectivity index (χ1n) is 8.66. The first kappa shape index (κ1) is 19.5. The quantitative estimate of drug-likeness (QED) is 0.675. The third-order valence-corrected chi connectivity index (χ3v) is 7.05. The van der Waals surface area contributed by atoms with Crippen molar-refractivity contribution in [2.45, 2.75) is 6.42 Å². The molecule has 1 aliphatic heterocycles. The van der Waals surface area contributed by atoms with Crippen LogP contribution in [0.4, 0.5) is 19.6 Å². The molecule has 0 aliphatic carbocycles. The zero-order chi connectivity index (χ0) is 20.6. The highest BCUT2D eigenvalue weighted by molar-refractivity contribution is 7.93. The highest BCUT2D eigenvalue weighted by Crippen LogP contribution is 2.29. The van der Waals surface area contributed by atoms with Gasteiger partial charge in [-0.1, -0.05) is 6.07 Å². The first-order chi connectivity index (χ1) is 13.8. The number of rotatable bonds is 4. The van der Waals surface area contributed by atoms with Crippen LogP contribution < -0.4 is 9.62 Å². The summed E-state index contributed by atoms with van der Waals surface area (Å²) in [4.78, 5) is 16.7. The first-order valence-corrected chi connectivity index (χ1v) is 11.2. The number of thiazole rings is 1. The molecule has 2 aromatic carbocycles. The topological polar surface area (TPSA) is 79.4 Å². The average Bonchev–Trinajstić information content (AvgIpc) is 3.29. The number of anilines is 2. The van der Waals surface area contributed by atoms with Crippen LogP contribution in [0.15, 0.2) is 47.8 Å². The van der Waals surface area contributed by atoms with Gasteiger partial charge in [-0.25, -0.2) is 22.2 Å². The van der Waals surface area contributed by atoms with Crippen LogP contribution in [0, 0.1) is 11.6 Å². The highest BCUT2D eigenvalue weighted by Gasteiger charge is 2.28. The predicted octanol–water partition coefficient (Wildman–Crippen LogP) is 3.88. The summed E-state index contributed by atoms with van der Waals surface area (Å²) in [6.07, 6.45) is 0.539. The maximum absolute atomic E-state index is 13.9. The number of carbonyl (C=O) groups excluding carboxylic acids is 1. The Kier molecular flexibility index (Phi) is 5.05. The van der Waals surface area contributed by atoms with Crippen LogP contribution in [-0.2, 0) is 10.0 Å². The SMILES string of the molecule is O=C(Nc1nc(-c2cc(F)ccc2F)cs1)c1cccc(N2CCCS2(=O)=O)c1. The molecule has 3 aromatic rings. The van der Waals surface area contributed by atoms with E-state index in [-0.39, 0.29) is 27.7 Å². The number of halogens is 2. The summed E-state index contributed by atoms with van der Waals surface area (Å²) in [5, 5.41) is 4.34. The summed E-state index contributed by atoms with van der Waals surface area (Å²) in [6.45, 7) is 0.377. The fourth-order valence-electron chi connectivity index (χ4n) is 3.05. The minimum atomic E-state index is -3.35. The highest BCUT2D eigenvalue weighted by atomic mass is 32.2. The molecule has 0 spiro atoms. The molecule has 2 heterocycles. The number of benzene rings is 2. The molecule has 4 rings (SSSR count). The van der Waals surface area contributed by atoms with Gasteiger partial charge in [0.25, 0.3) is 5.91 Å². The third kappa shape index (κ3) is 3.99. The van der Waals surface area contributed by atoms with Gasteiger partial charge in [0.05, 0.1) is 17.1 Å². The van der Waals surface area contributed by atoms with Crippen molar-refractivity contribution in [1.82, 2.24) is 4.98 Å². The summed E-state index contributed by atoms with van der Waals surface area (Å²) >= 11 is 1.07. The Morgan fingerprint density at radius 1 is 1.17 bits per heavy atom. The molecule has 1 N–H and O–H groups in total. The second-order valence-electron chi connectivity index (χ2n) is 6.41. The molecule has 0 bridgehead atoms. The number of amides is 1. The molecule has 0 atom stereocenters. The van der Waals surface area contributed by atoms with Crippen molar-refractivity contribution >= 4 is 38.1 Å². The van der Waals surface area contributed by atoms with Gasteiger partial charge >= 0.3 is 0 Å². The predicted molar refractivity (Wildman–Crippen MR) is 108 cm³/mol. The van der Waals surface area contributed by atoms with Crippen molar-refractivity contribution < 1.29 is 22.0 Å². The molecular weight excluding hydrogens is 420 g/mol. The minimum absolute atomic E-state index is 0.00277. The van der Waals surface area contributed by atoms with E-state index in [9.17, 15) is 22.0 Å². The van der Waals surface area contributed by atoms with Crippen molar-refractivity contribution in [2.75, 3.05) is 21.9 Å². The zero-order valence-electron chi connectivity index (χ0n) is 14.9. The summed E-state index contributed by atoms with van der Waals surface area (Å²) in [5.74, 6) is -1.60. The third-order valence-electron chi connectivity index (χ3n) is 4.42. The van der Waals surface area contributed by atoms with E-state index in [1.807, 2.05) is 0 Å². The van der Waals surface area contributed by atoms with Crippen molar-refractivity contribution in [1.29, 1.82) is 0 Å². The van der Waals surface area contributed by atoms with Gasteiger partial charge in [-0.05, 0) is 42.8 Å². The van der Waals surface area contributed by atoms with E-state index < -0.39 is 27.6 Å². The Hall–Kier alpha value is -2.85. The number of aromatic nitrogens is 1. The second kappa shape index (κ2) is 7.53. The summed E-state index contributed by atoms with van der Waals surface area (Å²) in [5.41, 5.74) is 0.900. The van der Waals surface area contributed by atoms with E-state index >= 15 is 0 Å². The smallest absolute Gasteiger partial charge is 0.257 e. The zero-order valence-corrected chi connectivity index (χ0v) is 16.6. The number of hydrogen-bond donors (Lipinski definition) is 1. The number of sulfonamides is 1. The van der Waals surface area contributed by atoms with Gasteiger partial charge in [0.1, 0.15) is 11.6 Å². The van der Waals surface area contributed by atoms with Gasteiger partial charge in [-0.3, -0.25) is 14.4 Å². The molecule has 0 saturated carbocycles. The standard InChI is InChI=1S/C19H15F2N3O3S2/c20-13-5-6-16(21)15(10-13)17-11-28-19(22-17)23-18(25)12-3-1-4-14(9-12)24-7-2-8-29(24,26)27/h1,3-6,9-11H,2,7-8H2,(H,22,23,25). The van der Waals surface area contributed by atoms with Gasteiger partial charge in [0, 0.05) is 23.1 Å². The maximum atomic E-state index is 13.9. The van der Waals surface area contributed by atoms with Crippen LogP contribution in [0.5, 0.6) is 0 Å². The molecule has 150 valence electrons. The number of hydrogen-bond acceptors (Lipinski definition) is 5. The lowest BCUT2D eigenvalue weighted by atomic mass is 10.1. The van der Waals surface area contributed by atoms with E-state index in [4.69, 9.17) is 0 Å². The summed E-state index contributed by atoms with van der Waals surface area (Å²) in [6, 6.07) is 9.36. The Balaban J connectivity index is 1.54. The fraction of sp³-hybridized carbons (Fsp3) is 0.158. The monoisotopic (exact) mass is 435 g/mol. The molecule has 1 amide bonds. The van der Waals surface area contributed by atoms with Crippen LogP contribution in [0.25, 0.3) is 11.3 Å². The Morgan fingerprint density at radius 2 is 2.00 bits per heavy atom. The van der Waals surface area contributed by atoms with Gasteiger partial charge < -0.3 is 0 Å². The van der Waals surface area contributed by atoms with Crippen LogP contribution in [0.2, 0.25) is 0 Å². The van der Waals surface area contributed by atoms with Crippen molar-refractivity contribution in [3.8, 4) is 11.3 Å². The molecule has 0 radical (unpaired) electrons. The van der Waals surface area contributed by atoms with Crippen molar-refractivity contribution in [2.24, 2.45) is 0 Å². The largest absolute Gasteiger partial charge is 0.298 e. The lowest BCUT2D eigenvalue weighted by Gasteiger charge is -2.17. The Bertz CT molecular complexity index is 1190. The molecule has 29 heavy (non-hydrogen) atoms. The minimum Gasteiger partial charge on any atom is -0.298 e. The van der Waals surface area contributed by atoms with E-state index in [2.05, 4.69) is 10.3 Å². The van der Waals surface area contributed by atoms with Crippen molar-refractivity contribution in [3.63, 3.8) is 0 Å². The van der Waals surface area contributed by atoms with Crippen LogP contribution >= 0.6 is 11.3 Å². The normalized spacial score (nSPS) is 15.4. The van der Waals surface area contributed by atoms with Crippen LogP contribution in [0.3, 0.4) is 0 Å². The fourth-order valence-corrected chi connectivity index (χ4v) is 5.31. The number of nitrogens with one attached hydrogen (secondary N) is 1. The van der Waals surface area contributed by atoms with E-state index in [0.717, 1.165) is 29.5 Å². The molecule has 1 aliphatic rings. The number of carbonyl (C=O) groups is 1. The van der Waals surface area contributed by atoms with E-state index in [1.165, 1.54) is 15.8 Å². The Labute approximate surface area is 169 Å². The van der Waals surface area contributed by atoms with Gasteiger partial charge in [-0.2, -0.15) is 0 Å². The maximum Gasteiger partial charge on any atom is 0.257 e. The van der Waals surface area contributed by atoms with E-state index in [1.54, 1.807) is 18.2 Å².